The van der Waals surface area contributed by atoms with Gasteiger partial charge in [-0.05, 0) is 45.1 Å². The maximum absolute atomic E-state index is 10.3. The molecule has 2 heteroatoms. The first-order valence-corrected chi connectivity index (χ1v) is 6.34. The second-order valence-corrected chi connectivity index (χ2v) is 5.87. The molecule has 1 aliphatic carbocycles. The van der Waals surface area contributed by atoms with Crippen LogP contribution in [0.5, 0.6) is 0 Å². The molecule has 90 valence electrons. The third-order valence-electron chi connectivity index (χ3n) is 3.82. The highest BCUT2D eigenvalue weighted by atomic mass is 16.3. The lowest BCUT2D eigenvalue weighted by atomic mass is 9.88. The molecule has 1 rings (SSSR count). The summed E-state index contributed by atoms with van der Waals surface area (Å²) >= 11 is 0. The third-order valence-corrected chi connectivity index (χ3v) is 3.82. The van der Waals surface area contributed by atoms with Crippen molar-refractivity contribution in [2.24, 2.45) is 5.41 Å². The molecule has 0 radical (unpaired) electrons. The van der Waals surface area contributed by atoms with Gasteiger partial charge in [0.15, 0.2) is 0 Å². The molecule has 0 bridgehead atoms. The molecule has 0 aromatic carbocycles. The Bertz CT molecular complexity index is 201. The zero-order valence-corrected chi connectivity index (χ0v) is 11.0. The topological polar surface area (TPSA) is 23.5 Å². The highest BCUT2D eigenvalue weighted by molar-refractivity contribution is 4.97. The van der Waals surface area contributed by atoms with Crippen LogP contribution in [0, 0.1) is 5.41 Å². The molecular weight excluding hydrogens is 186 g/mol. The average molecular weight is 213 g/mol. The van der Waals surface area contributed by atoms with Crippen LogP contribution >= 0.6 is 0 Å². The maximum Gasteiger partial charge on any atom is 0.0746 e. The van der Waals surface area contributed by atoms with Crippen LogP contribution < -0.4 is 0 Å². The Hall–Kier alpha value is -0.0800. The Morgan fingerprint density at radius 2 is 2.00 bits per heavy atom. The second kappa shape index (κ2) is 4.84. The summed E-state index contributed by atoms with van der Waals surface area (Å²) in [6, 6.07) is 0.915. The summed E-state index contributed by atoms with van der Waals surface area (Å²) in [5, 5.41) is 10.3. The van der Waals surface area contributed by atoms with Crippen molar-refractivity contribution < 1.29 is 5.11 Å². The first-order chi connectivity index (χ1) is 6.90. The zero-order chi connectivity index (χ0) is 11.6. The normalized spacial score (nSPS) is 30.4. The summed E-state index contributed by atoms with van der Waals surface area (Å²) in [6.45, 7) is 12.1. The Balaban J connectivity index is 2.70. The van der Waals surface area contributed by atoms with Crippen molar-refractivity contribution in [2.45, 2.75) is 72.1 Å². The van der Waals surface area contributed by atoms with Crippen molar-refractivity contribution in [1.29, 1.82) is 0 Å². The molecule has 0 aromatic heterocycles. The van der Waals surface area contributed by atoms with Crippen molar-refractivity contribution in [3.05, 3.63) is 0 Å². The number of rotatable bonds is 4. The summed E-state index contributed by atoms with van der Waals surface area (Å²) in [7, 11) is 0. The maximum atomic E-state index is 10.3. The van der Waals surface area contributed by atoms with E-state index in [9.17, 15) is 5.11 Å². The monoisotopic (exact) mass is 213 g/mol. The van der Waals surface area contributed by atoms with Gasteiger partial charge in [0.05, 0.1) is 6.10 Å². The molecule has 2 atom stereocenters. The van der Waals surface area contributed by atoms with Crippen molar-refractivity contribution in [2.75, 3.05) is 6.54 Å². The van der Waals surface area contributed by atoms with Gasteiger partial charge in [-0.2, -0.15) is 0 Å². The summed E-state index contributed by atoms with van der Waals surface area (Å²) in [4.78, 5) is 2.47. The average Bonchev–Trinajstić information content (AvgIpc) is 2.39. The summed E-state index contributed by atoms with van der Waals surface area (Å²) < 4.78 is 0. The Labute approximate surface area is 94.7 Å². The van der Waals surface area contributed by atoms with Gasteiger partial charge in [-0.25, -0.2) is 0 Å². The molecule has 1 saturated carbocycles. The predicted molar refractivity (Wildman–Crippen MR) is 64.9 cm³/mol. The van der Waals surface area contributed by atoms with E-state index in [2.05, 4.69) is 39.5 Å². The fourth-order valence-corrected chi connectivity index (χ4v) is 2.76. The summed E-state index contributed by atoms with van der Waals surface area (Å²) in [5.41, 5.74) is 0.103. The summed E-state index contributed by atoms with van der Waals surface area (Å²) in [6.07, 6.45) is 3.30. The van der Waals surface area contributed by atoms with Gasteiger partial charge in [-0.1, -0.05) is 20.8 Å². The minimum absolute atomic E-state index is 0.103. The molecular formula is C13H27NO. The van der Waals surface area contributed by atoms with Crippen LogP contribution in [0.4, 0.5) is 0 Å². The molecule has 0 aromatic rings. The van der Waals surface area contributed by atoms with Gasteiger partial charge in [0, 0.05) is 12.1 Å². The third kappa shape index (κ3) is 2.73. The first kappa shape index (κ1) is 13.0. The minimum atomic E-state index is -0.161. The number of aliphatic hydroxyl groups is 1. The first-order valence-electron chi connectivity index (χ1n) is 6.34. The predicted octanol–water partition coefficient (Wildman–Crippen LogP) is 2.66. The van der Waals surface area contributed by atoms with Crippen LogP contribution in [-0.2, 0) is 0 Å². The SMILES string of the molecule is CCCN(C(C)C)C1CCC(C)(C)C1O. The molecule has 1 fully saturated rings. The van der Waals surface area contributed by atoms with E-state index in [1.54, 1.807) is 0 Å². The molecule has 0 amide bonds. The fourth-order valence-electron chi connectivity index (χ4n) is 2.76. The van der Waals surface area contributed by atoms with E-state index in [0.717, 1.165) is 19.4 Å². The van der Waals surface area contributed by atoms with Gasteiger partial charge >= 0.3 is 0 Å². The molecule has 15 heavy (non-hydrogen) atoms. The van der Waals surface area contributed by atoms with E-state index in [0.29, 0.717) is 12.1 Å². The fraction of sp³-hybridized carbons (Fsp3) is 1.00. The molecule has 0 heterocycles. The smallest absolute Gasteiger partial charge is 0.0746 e. The van der Waals surface area contributed by atoms with Gasteiger partial charge in [-0.15, -0.1) is 0 Å². The number of nitrogens with zero attached hydrogens (tertiary/aromatic N) is 1. The van der Waals surface area contributed by atoms with Crippen LogP contribution in [0.3, 0.4) is 0 Å². The zero-order valence-electron chi connectivity index (χ0n) is 11.0. The quantitative estimate of drug-likeness (QED) is 0.776. The summed E-state index contributed by atoms with van der Waals surface area (Å²) in [5.74, 6) is 0. The highest BCUT2D eigenvalue weighted by Crippen LogP contribution is 2.40. The van der Waals surface area contributed by atoms with E-state index < -0.39 is 0 Å². The molecule has 2 unspecified atom stereocenters. The Morgan fingerprint density at radius 3 is 2.33 bits per heavy atom. The lowest BCUT2D eigenvalue weighted by Crippen LogP contribution is -2.47. The van der Waals surface area contributed by atoms with Crippen LogP contribution in [0.25, 0.3) is 0 Å². The van der Waals surface area contributed by atoms with Crippen molar-refractivity contribution in [3.63, 3.8) is 0 Å². The highest BCUT2D eigenvalue weighted by Gasteiger charge is 2.43. The van der Waals surface area contributed by atoms with Gasteiger partial charge in [0.1, 0.15) is 0 Å². The van der Waals surface area contributed by atoms with Gasteiger partial charge in [0.2, 0.25) is 0 Å². The lowest BCUT2D eigenvalue weighted by Gasteiger charge is -2.36. The minimum Gasteiger partial charge on any atom is -0.391 e. The Morgan fingerprint density at radius 1 is 1.40 bits per heavy atom. The number of hydrogen-bond acceptors (Lipinski definition) is 2. The lowest BCUT2D eigenvalue weighted by molar-refractivity contribution is 0.00362. The largest absolute Gasteiger partial charge is 0.391 e. The second-order valence-electron chi connectivity index (χ2n) is 5.87. The molecule has 0 aliphatic heterocycles. The van der Waals surface area contributed by atoms with E-state index in [1.165, 1.54) is 6.42 Å². The number of hydrogen-bond donors (Lipinski definition) is 1. The van der Waals surface area contributed by atoms with Crippen LogP contribution in [-0.4, -0.2) is 34.7 Å². The molecule has 0 saturated heterocycles. The van der Waals surface area contributed by atoms with E-state index in [4.69, 9.17) is 0 Å². The molecule has 0 spiro atoms. The van der Waals surface area contributed by atoms with Gasteiger partial charge in [0.25, 0.3) is 0 Å². The standard InChI is InChI=1S/C13H27NO/c1-6-9-14(10(2)3)11-7-8-13(4,5)12(11)15/h10-12,15H,6-9H2,1-5H3. The molecule has 1 aliphatic rings. The van der Waals surface area contributed by atoms with Crippen molar-refractivity contribution >= 4 is 0 Å². The Kier molecular flexibility index (Phi) is 4.19. The van der Waals surface area contributed by atoms with Crippen molar-refractivity contribution in [3.8, 4) is 0 Å². The molecule has 2 nitrogen and oxygen atoms in total. The van der Waals surface area contributed by atoms with Crippen LogP contribution in [0.1, 0.15) is 53.9 Å². The van der Waals surface area contributed by atoms with E-state index >= 15 is 0 Å². The van der Waals surface area contributed by atoms with Crippen LogP contribution in [0.2, 0.25) is 0 Å². The van der Waals surface area contributed by atoms with Crippen LogP contribution in [0.15, 0.2) is 0 Å². The van der Waals surface area contributed by atoms with E-state index in [1.807, 2.05) is 0 Å². The van der Waals surface area contributed by atoms with Crippen molar-refractivity contribution in [1.82, 2.24) is 4.90 Å². The van der Waals surface area contributed by atoms with E-state index in [-0.39, 0.29) is 11.5 Å². The van der Waals surface area contributed by atoms with Gasteiger partial charge < -0.3 is 5.11 Å². The molecule has 1 N–H and O–H groups in total. The van der Waals surface area contributed by atoms with Gasteiger partial charge in [-0.3, -0.25) is 4.90 Å². The number of aliphatic hydroxyl groups excluding tert-OH is 1.